The van der Waals surface area contributed by atoms with Gasteiger partial charge in [-0.25, -0.2) is 23.7 Å². The summed E-state index contributed by atoms with van der Waals surface area (Å²) in [6.45, 7) is 1.39. The number of carbonyl (C=O) groups excluding carboxylic acids is 1. The van der Waals surface area contributed by atoms with Crippen LogP contribution in [-0.4, -0.2) is 47.6 Å². The Labute approximate surface area is 170 Å². The number of carbonyl (C=O) groups is 1. The van der Waals surface area contributed by atoms with Crippen LogP contribution in [0.5, 0.6) is 5.88 Å². The van der Waals surface area contributed by atoms with Crippen molar-refractivity contribution in [2.45, 2.75) is 24.5 Å². The van der Waals surface area contributed by atoms with Gasteiger partial charge in [0.25, 0.3) is 11.9 Å². The van der Waals surface area contributed by atoms with E-state index in [1.165, 1.54) is 18.2 Å². The predicted molar refractivity (Wildman–Crippen MR) is 101 cm³/mol. The summed E-state index contributed by atoms with van der Waals surface area (Å²) in [5.74, 6) is -1.11. The molecule has 2 aliphatic rings. The van der Waals surface area contributed by atoms with E-state index in [0.717, 1.165) is 12.4 Å². The first-order chi connectivity index (χ1) is 14.3. The summed E-state index contributed by atoms with van der Waals surface area (Å²) in [7, 11) is 0. The predicted octanol–water partition coefficient (Wildman–Crippen LogP) is 1.89. The molecule has 0 unspecified atom stereocenters. The molecule has 2 aromatic rings. The summed E-state index contributed by atoms with van der Waals surface area (Å²) in [5.41, 5.74) is 4.79. The molecule has 3 N–H and O–H groups in total. The Bertz CT molecular complexity index is 997. The number of ether oxygens (including phenoxy) is 3. The van der Waals surface area contributed by atoms with E-state index in [1.54, 1.807) is 6.92 Å². The van der Waals surface area contributed by atoms with Crippen molar-refractivity contribution in [1.29, 1.82) is 0 Å². The molecule has 1 fully saturated rings. The third-order valence-corrected chi connectivity index (χ3v) is 4.94. The molecule has 1 spiro atoms. The number of nitrogens with two attached hydrogens (primary N) is 1. The highest BCUT2D eigenvalue weighted by Crippen LogP contribution is 2.43. The fourth-order valence-corrected chi connectivity index (χ4v) is 3.61. The number of nitrogens with zero attached hydrogens (tertiary/aromatic N) is 3. The number of rotatable bonds is 5. The van der Waals surface area contributed by atoms with Crippen molar-refractivity contribution in [2.75, 3.05) is 25.4 Å². The largest absolute Gasteiger partial charge is 0.454 e. The molecule has 4 rings (SSSR count). The molecule has 1 saturated heterocycles. The lowest BCUT2D eigenvalue weighted by Crippen LogP contribution is -2.59. The highest BCUT2D eigenvalue weighted by Gasteiger charge is 2.51. The second kappa shape index (κ2) is 7.48. The van der Waals surface area contributed by atoms with E-state index in [1.807, 2.05) is 0 Å². The van der Waals surface area contributed by atoms with Crippen LogP contribution in [0.2, 0.25) is 0 Å². The lowest BCUT2D eigenvalue weighted by Gasteiger charge is -2.48. The zero-order valence-electron chi connectivity index (χ0n) is 16.0. The molecule has 0 saturated carbocycles. The first-order valence-electron chi connectivity index (χ1n) is 9.07. The number of amides is 1. The minimum atomic E-state index is -1.05. The smallest absolute Gasteiger partial charge is 0.283 e. The topological polar surface area (TPSA) is 121 Å². The van der Waals surface area contributed by atoms with Crippen molar-refractivity contribution in [1.82, 2.24) is 9.97 Å². The second-order valence-corrected chi connectivity index (χ2v) is 7.32. The van der Waals surface area contributed by atoms with Crippen molar-refractivity contribution in [3.05, 3.63) is 47.7 Å². The van der Waals surface area contributed by atoms with Crippen LogP contribution in [0.15, 0.2) is 35.6 Å². The lowest BCUT2D eigenvalue weighted by molar-refractivity contribution is -0.187. The monoisotopic (exact) mass is 419 g/mol. The van der Waals surface area contributed by atoms with Gasteiger partial charge in [0.15, 0.2) is 5.60 Å². The van der Waals surface area contributed by atoms with Crippen molar-refractivity contribution in [2.24, 2.45) is 10.7 Å². The van der Waals surface area contributed by atoms with Gasteiger partial charge in [0, 0.05) is 17.7 Å². The number of alkyl halides is 1. The van der Waals surface area contributed by atoms with Gasteiger partial charge >= 0.3 is 0 Å². The normalized spacial score (nSPS) is 21.9. The molecule has 0 aliphatic carbocycles. The number of benzene rings is 1. The van der Waals surface area contributed by atoms with Crippen LogP contribution < -0.4 is 15.8 Å². The van der Waals surface area contributed by atoms with Crippen LogP contribution >= 0.6 is 0 Å². The first kappa shape index (κ1) is 20.0. The molecular formula is C19H19F2N5O4. The Morgan fingerprint density at radius 2 is 2.13 bits per heavy atom. The van der Waals surface area contributed by atoms with Crippen molar-refractivity contribution < 1.29 is 27.8 Å². The second-order valence-electron chi connectivity index (χ2n) is 7.32. The number of anilines is 1. The van der Waals surface area contributed by atoms with Crippen LogP contribution in [-0.2, 0) is 15.0 Å². The van der Waals surface area contributed by atoms with Crippen LogP contribution in [0.25, 0.3) is 0 Å². The number of aromatic nitrogens is 2. The molecule has 0 bridgehead atoms. The van der Waals surface area contributed by atoms with Gasteiger partial charge in [0.05, 0.1) is 31.1 Å². The van der Waals surface area contributed by atoms with Gasteiger partial charge in [-0.1, -0.05) is 0 Å². The maximum atomic E-state index is 14.7. The van der Waals surface area contributed by atoms with Crippen LogP contribution in [0, 0.1) is 5.82 Å². The van der Waals surface area contributed by atoms with Crippen LogP contribution in [0.4, 0.5) is 14.5 Å². The van der Waals surface area contributed by atoms with E-state index in [-0.39, 0.29) is 23.2 Å². The van der Waals surface area contributed by atoms with Gasteiger partial charge in [0.1, 0.15) is 11.5 Å². The highest BCUT2D eigenvalue weighted by molar-refractivity contribution is 6.02. The van der Waals surface area contributed by atoms with Gasteiger partial charge in [-0.3, -0.25) is 4.79 Å². The molecule has 1 atom stereocenters. The molecule has 11 heteroatoms. The quantitative estimate of drug-likeness (QED) is 0.759. The van der Waals surface area contributed by atoms with Gasteiger partial charge in [0.2, 0.25) is 12.7 Å². The summed E-state index contributed by atoms with van der Waals surface area (Å²) >= 11 is 0. The van der Waals surface area contributed by atoms with Gasteiger partial charge < -0.3 is 25.3 Å². The number of hydrogen-bond donors (Lipinski definition) is 2. The molecule has 3 heterocycles. The van der Waals surface area contributed by atoms with Crippen molar-refractivity contribution in [3.8, 4) is 5.88 Å². The molecule has 30 heavy (non-hydrogen) atoms. The summed E-state index contributed by atoms with van der Waals surface area (Å²) in [6.07, 6.45) is 2.65. The van der Waals surface area contributed by atoms with E-state index in [2.05, 4.69) is 25.0 Å². The van der Waals surface area contributed by atoms with Crippen LogP contribution in [0.1, 0.15) is 29.4 Å². The lowest BCUT2D eigenvalue weighted by atomic mass is 9.78. The van der Waals surface area contributed by atoms with Crippen LogP contribution in [0.3, 0.4) is 0 Å². The summed E-state index contributed by atoms with van der Waals surface area (Å²) in [5, 5.41) is 2.63. The zero-order valence-corrected chi connectivity index (χ0v) is 16.0. The fourth-order valence-electron chi connectivity index (χ4n) is 3.61. The molecular weight excluding hydrogens is 400 g/mol. The minimum absolute atomic E-state index is 0.0165. The SMILES string of the molecule is C[C@@]1(c2cc(NC(=O)c3cnc(OCF)cn3)ccc2F)CC2(COC2)OC(N)=N1. The van der Waals surface area contributed by atoms with E-state index in [0.29, 0.717) is 25.3 Å². The number of halogens is 2. The zero-order chi connectivity index (χ0) is 21.4. The Morgan fingerprint density at radius 3 is 2.77 bits per heavy atom. The van der Waals surface area contributed by atoms with E-state index < -0.39 is 29.7 Å². The summed E-state index contributed by atoms with van der Waals surface area (Å²) < 4.78 is 42.3. The fraction of sp³-hybridized carbons (Fsp3) is 0.368. The third kappa shape index (κ3) is 3.75. The highest BCUT2D eigenvalue weighted by atomic mass is 19.1. The molecule has 1 amide bonds. The molecule has 2 aliphatic heterocycles. The molecule has 1 aromatic carbocycles. The van der Waals surface area contributed by atoms with E-state index in [4.69, 9.17) is 15.2 Å². The molecule has 9 nitrogen and oxygen atoms in total. The Kier molecular flexibility index (Phi) is 4.98. The Balaban J connectivity index is 1.57. The van der Waals surface area contributed by atoms with Crippen molar-refractivity contribution >= 4 is 17.6 Å². The Morgan fingerprint density at radius 1 is 1.33 bits per heavy atom. The average molecular weight is 419 g/mol. The van der Waals surface area contributed by atoms with E-state index >= 15 is 0 Å². The molecule has 0 radical (unpaired) electrons. The number of amidine groups is 1. The Hall–Kier alpha value is -3.34. The number of aliphatic imine (C=N–C) groups is 1. The minimum Gasteiger partial charge on any atom is -0.454 e. The van der Waals surface area contributed by atoms with Gasteiger partial charge in [-0.05, 0) is 25.1 Å². The molecule has 158 valence electrons. The van der Waals surface area contributed by atoms with Gasteiger partial charge in [-0.2, -0.15) is 0 Å². The standard InChI is InChI=1S/C19H19F2N5O4/c1-18(7-19(8-28-9-19)30-17(22)26-18)12-4-11(2-3-13(12)21)25-16(27)14-5-24-15(6-23-14)29-10-20/h2-6H,7-10H2,1H3,(H2,22,26)(H,25,27)/t18-/m0/s1. The number of hydrogen-bond acceptors (Lipinski definition) is 8. The average Bonchev–Trinajstić information content (AvgIpc) is 2.68. The van der Waals surface area contributed by atoms with Gasteiger partial charge in [-0.15, -0.1) is 0 Å². The summed E-state index contributed by atoms with van der Waals surface area (Å²) in [6, 6.07) is 4.12. The maximum absolute atomic E-state index is 14.7. The first-order valence-corrected chi connectivity index (χ1v) is 9.07. The van der Waals surface area contributed by atoms with E-state index in [9.17, 15) is 13.6 Å². The maximum Gasteiger partial charge on any atom is 0.283 e. The third-order valence-electron chi connectivity index (χ3n) is 4.94. The number of nitrogens with one attached hydrogen (secondary N) is 1. The molecule has 1 aromatic heterocycles. The van der Waals surface area contributed by atoms with Crippen molar-refractivity contribution in [3.63, 3.8) is 0 Å². The summed E-state index contributed by atoms with van der Waals surface area (Å²) in [4.78, 5) is 24.4.